The lowest BCUT2D eigenvalue weighted by atomic mass is 10.2. The number of halogens is 1. The molecule has 4 nitrogen and oxygen atoms in total. The monoisotopic (exact) mass is 401 g/mol. The van der Waals surface area contributed by atoms with Gasteiger partial charge in [0.05, 0.1) is 17.1 Å². The van der Waals surface area contributed by atoms with Gasteiger partial charge in [-0.05, 0) is 33.6 Å². The van der Waals surface area contributed by atoms with Crippen LogP contribution >= 0.6 is 27.3 Å². The number of likely N-dealkylation sites (N-methyl/N-ethyl adjacent to an activating group) is 1. The minimum Gasteiger partial charge on any atom is -0.342 e. The number of benzene rings is 2. The average Bonchev–Trinajstić information content (AvgIpc) is 3.08. The smallest absolute Gasteiger partial charge is 0.243 e. The summed E-state index contributed by atoms with van der Waals surface area (Å²) in [5.74, 6) is -0.0825. The summed E-state index contributed by atoms with van der Waals surface area (Å²) in [6, 6.07) is 17.7. The number of thiazole rings is 1. The Balaban J connectivity index is 1.65. The first-order chi connectivity index (χ1) is 11.6. The zero-order chi connectivity index (χ0) is 16.9. The molecule has 3 rings (SSSR count). The normalized spacial score (nSPS) is 10.4. The highest BCUT2D eigenvalue weighted by Gasteiger charge is 2.13. The van der Waals surface area contributed by atoms with Crippen LogP contribution in [0.3, 0.4) is 0 Å². The third-order valence-corrected chi connectivity index (χ3v) is 5.26. The zero-order valence-corrected chi connectivity index (χ0v) is 15.5. The first kappa shape index (κ1) is 16.7. The van der Waals surface area contributed by atoms with Gasteiger partial charge in [0.1, 0.15) is 0 Å². The number of para-hydroxylation sites is 1. The fraction of sp³-hybridized carbons (Fsp3) is 0.111. The number of carbonyl (C=O) groups excluding carboxylic acids is 1. The lowest BCUT2D eigenvalue weighted by Crippen LogP contribution is -2.30. The van der Waals surface area contributed by atoms with Crippen molar-refractivity contribution in [1.82, 2.24) is 4.98 Å². The number of hydrogen-bond donors (Lipinski definition) is 1. The number of amides is 1. The molecule has 0 radical (unpaired) electrons. The molecule has 3 aromatic rings. The van der Waals surface area contributed by atoms with E-state index in [2.05, 4.69) is 38.4 Å². The molecule has 1 amide bonds. The van der Waals surface area contributed by atoms with E-state index in [9.17, 15) is 4.79 Å². The summed E-state index contributed by atoms with van der Waals surface area (Å²) in [5, 5.41) is 3.71. The van der Waals surface area contributed by atoms with Gasteiger partial charge in [-0.15, -0.1) is 0 Å². The lowest BCUT2D eigenvalue weighted by Gasteiger charge is -2.15. The summed E-state index contributed by atoms with van der Waals surface area (Å²) in [5.41, 5.74) is 1.90. The summed E-state index contributed by atoms with van der Waals surface area (Å²) < 4.78 is 0.863. The molecule has 0 aliphatic heterocycles. The van der Waals surface area contributed by atoms with Gasteiger partial charge in [-0.25, -0.2) is 4.98 Å². The average molecular weight is 402 g/mol. The maximum Gasteiger partial charge on any atom is 0.243 e. The van der Waals surface area contributed by atoms with E-state index < -0.39 is 0 Å². The molecule has 0 saturated heterocycles. The SMILES string of the molecule is CN(CC(=O)Nc1ccccc1Br)c1ncc(-c2ccccc2)s1. The Morgan fingerprint density at radius 2 is 1.88 bits per heavy atom. The van der Waals surface area contributed by atoms with Crippen molar-refractivity contribution in [3.05, 3.63) is 65.3 Å². The molecule has 24 heavy (non-hydrogen) atoms. The highest BCUT2D eigenvalue weighted by molar-refractivity contribution is 9.10. The van der Waals surface area contributed by atoms with Gasteiger partial charge < -0.3 is 10.2 Å². The van der Waals surface area contributed by atoms with E-state index in [1.54, 1.807) is 11.3 Å². The number of aromatic nitrogens is 1. The number of nitrogens with zero attached hydrogens (tertiary/aromatic N) is 2. The molecule has 0 atom stereocenters. The second kappa shape index (κ2) is 7.59. The van der Waals surface area contributed by atoms with Gasteiger partial charge in [0.15, 0.2) is 5.13 Å². The molecule has 0 fully saturated rings. The molecular formula is C18H16BrN3OS. The molecule has 1 N–H and O–H groups in total. The Morgan fingerprint density at radius 3 is 2.62 bits per heavy atom. The van der Waals surface area contributed by atoms with Crippen LogP contribution in [0.15, 0.2) is 65.3 Å². The van der Waals surface area contributed by atoms with Crippen molar-refractivity contribution in [2.24, 2.45) is 0 Å². The topological polar surface area (TPSA) is 45.2 Å². The zero-order valence-electron chi connectivity index (χ0n) is 13.1. The summed E-state index contributed by atoms with van der Waals surface area (Å²) in [6.07, 6.45) is 1.84. The largest absolute Gasteiger partial charge is 0.342 e. The standard InChI is InChI=1S/C18H16BrN3OS/c1-22(12-17(23)21-15-10-6-5-9-14(15)19)18-20-11-16(24-18)13-7-3-2-4-8-13/h2-11H,12H2,1H3,(H,21,23). The van der Waals surface area contributed by atoms with E-state index in [4.69, 9.17) is 0 Å². The molecule has 122 valence electrons. The molecule has 1 aromatic heterocycles. The van der Waals surface area contributed by atoms with Crippen LogP contribution in [0.25, 0.3) is 10.4 Å². The molecule has 0 spiro atoms. The number of rotatable bonds is 5. The van der Waals surface area contributed by atoms with Gasteiger partial charge in [0.2, 0.25) is 5.91 Å². The Labute approximate surface area is 153 Å². The molecule has 6 heteroatoms. The van der Waals surface area contributed by atoms with Gasteiger partial charge in [-0.1, -0.05) is 53.8 Å². The first-order valence-electron chi connectivity index (χ1n) is 7.40. The minimum absolute atomic E-state index is 0.0825. The van der Waals surface area contributed by atoms with Gasteiger partial charge in [-0.3, -0.25) is 4.79 Å². The van der Waals surface area contributed by atoms with E-state index >= 15 is 0 Å². The Hall–Kier alpha value is -2.18. The highest BCUT2D eigenvalue weighted by Crippen LogP contribution is 2.30. The fourth-order valence-electron chi connectivity index (χ4n) is 2.21. The Morgan fingerprint density at radius 1 is 1.17 bits per heavy atom. The van der Waals surface area contributed by atoms with Crippen LogP contribution in [0.5, 0.6) is 0 Å². The van der Waals surface area contributed by atoms with E-state index in [0.717, 1.165) is 25.7 Å². The summed E-state index contributed by atoms with van der Waals surface area (Å²) >= 11 is 5.00. The van der Waals surface area contributed by atoms with Crippen LogP contribution in [0.1, 0.15) is 0 Å². The van der Waals surface area contributed by atoms with Crippen molar-refractivity contribution in [3.63, 3.8) is 0 Å². The van der Waals surface area contributed by atoms with Crippen LogP contribution in [-0.2, 0) is 4.79 Å². The molecule has 0 aliphatic carbocycles. The maximum absolute atomic E-state index is 12.2. The number of nitrogens with one attached hydrogen (secondary N) is 1. The quantitative estimate of drug-likeness (QED) is 0.676. The summed E-state index contributed by atoms with van der Waals surface area (Å²) in [4.78, 5) is 19.6. The van der Waals surface area contributed by atoms with Crippen LogP contribution in [0.4, 0.5) is 10.8 Å². The molecule has 0 bridgehead atoms. The van der Waals surface area contributed by atoms with Crippen molar-refractivity contribution < 1.29 is 4.79 Å². The maximum atomic E-state index is 12.2. The highest BCUT2D eigenvalue weighted by atomic mass is 79.9. The third-order valence-electron chi connectivity index (χ3n) is 3.41. The Kier molecular flexibility index (Phi) is 5.27. The van der Waals surface area contributed by atoms with Crippen LogP contribution in [0, 0.1) is 0 Å². The number of anilines is 2. The van der Waals surface area contributed by atoms with Crippen LogP contribution < -0.4 is 10.2 Å². The first-order valence-corrected chi connectivity index (χ1v) is 9.01. The van der Waals surface area contributed by atoms with Crippen molar-refractivity contribution >= 4 is 44.0 Å². The summed E-state index contributed by atoms with van der Waals surface area (Å²) in [6.45, 7) is 0.239. The molecule has 2 aromatic carbocycles. The van der Waals surface area contributed by atoms with Crippen LogP contribution in [-0.4, -0.2) is 24.5 Å². The number of carbonyl (C=O) groups is 1. The second-order valence-corrected chi connectivity index (χ2v) is 7.12. The van der Waals surface area contributed by atoms with Crippen molar-refractivity contribution in [3.8, 4) is 10.4 Å². The Bertz CT molecular complexity index is 835. The number of hydrogen-bond acceptors (Lipinski definition) is 4. The van der Waals surface area contributed by atoms with Gasteiger partial charge in [0.25, 0.3) is 0 Å². The van der Waals surface area contributed by atoms with Crippen LogP contribution in [0.2, 0.25) is 0 Å². The minimum atomic E-state index is -0.0825. The van der Waals surface area contributed by atoms with Crippen molar-refractivity contribution in [2.45, 2.75) is 0 Å². The summed E-state index contributed by atoms with van der Waals surface area (Å²) in [7, 11) is 1.87. The predicted octanol–water partition coefficient (Wildman–Crippen LogP) is 4.65. The molecule has 0 unspecified atom stereocenters. The molecule has 0 saturated carbocycles. The van der Waals surface area contributed by atoms with Crippen molar-refractivity contribution in [2.75, 3.05) is 23.8 Å². The van der Waals surface area contributed by atoms with Gasteiger partial charge in [-0.2, -0.15) is 0 Å². The van der Waals surface area contributed by atoms with E-state index in [1.165, 1.54) is 0 Å². The fourth-order valence-corrected chi connectivity index (χ4v) is 3.48. The second-order valence-electron chi connectivity index (χ2n) is 5.26. The van der Waals surface area contributed by atoms with E-state index in [0.29, 0.717) is 0 Å². The van der Waals surface area contributed by atoms with Gasteiger partial charge >= 0.3 is 0 Å². The molecule has 1 heterocycles. The van der Waals surface area contributed by atoms with Gasteiger partial charge in [0, 0.05) is 17.7 Å². The van der Waals surface area contributed by atoms with Crippen molar-refractivity contribution in [1.29, 1.82) is 0 Å². The predicted molar refractivity (Wildman–Crippen MR) is 104 cm³/mol. The molecular weight excluding hydrogens is 386 g/mol. The van der Waals surface area contributed by atoms with E-state index in [-0.39, 0.29) is 12.5 Å². The van der Waals surface area contributed by atoms with E-state index in [1.807, 2.05) is 60.6 Å². The third kappa shape index (κ3) is 4.01. The molecule has 0 aliphatic rings. The lowest BCUT2D eigenvalue weighted by molar-refractivity contribution is -0.114.